The Balaban J connectivity index is 3.13. The standard InChI is InChI=1S/C10H17N/c1-6-7(2)9(11)10(4,5)8(6)3/h8,11H,1-5H3. The molecule has 0 heterocycles. The van der Waals surface area contributed by atoms with Crippen molar-refractivity contribution in [2.45, 2.75) is 34.6 Å². The fourth-order valence-corrected chi connectivity index (χ4v) is 1.76. The summed E-state index contributed by atoms with van der Waals surface area (Å²) in [6.45, 7) is 10.7. The zero-order valence-electron chi connectivity index (χ0n) is 8.08. The molecule has 0 amide bonds. The molecule has 11 heavy (non-hydrogen) atoms. The van der Waals surface area contributed by atoms with Crippen LogP contribution in [0.1, 0.15) is 34.6 Å². The van der Waals surface area contributed by atoms with E-state index in [0.29, 0.717) is 5.92 Å². The molecular weight excluding hydrogens is 134 g/mol. The highest BCUT2D eigenvalue weighted by atomic mass is 14.6. The van der Waals surface area contributed by atoms with Gasteiger partial charge in [0.15, 0.2) is 0 Å². The first-order chi connectivity index (χ1) is 4.89. The fourth-order valence-electron chi connectivity index (χ4n) is 1.76. The maximum absolute atomic E-state index is 7.86. The number of allylic oxidation sites excluding steroid dienone is 2. The first kappa shape index (κ1) is 8.51. The summed E-state index contributed by atoms with van der Waals surface area (Å²) in [5.41, 5.74) is 3.47. The lowest BCUT2D eigenvalue weighted by atomic mass is 9.79. The maximum atomic E-state index is 7.86. The van der Waals surface area contributed by atoms with Gasteiger partial charge in [0.25, 0.3) is 0 Å². The highest BCUT2D eigenvalue weighted by molar-refractivity contribution is 6.04. The monoisotopic (exact) mass is 151 g/mol. The van der Waals surface area contributed by atoms with Crippen molar-refractivity contribution in [3.8, 4) is 0 Å². The highest BCUT2D eigenvalue weighted by Crippen LogP contribution is 2.42. The molecule has 0 aromatic rings. The van der Waals surface area contributed by atoms with E-state index in [1.807, 2.05) is 0 Å². The minimum atomic E-state index is 0.0637. The molecule has 0 radical (unpaired) electrons. The van der Waals surface area contributed by atoms with Gasteiger partial charge in [-0.25, -0.2) is 0 Å². The van der Waals surface area contributed by atoms with Crippen LogP contribution in [0.5, 0.6) is 0 Å². The smallest absolute Gasteiger partial charge is 0.0404 e. The van der Waals surface area contributed by atoms with E-state index < -0.39 is 0 Å². The maximum Gasteiger partial charge on any atom is 0.0404 e. The molecule has 0 saturated heterocycles. The Kier molecular flexibility index (Phi) is 1.70. The van der Waals surface area contributed by atoms with Crippen LogP contribution in [0.2, 0.25) is 0 Å². The van der Waals surface area contributed by atoms with Gasteiger partial charge < -0.3 is 5.41 Å². The minimum Gasteiger partial charge on any atom is -0.304 e. The van der Waals surface area contributed by atoms with Crippen molar-refractivity contribution in [1.82, 2.24) is 0 Å². The summed E-state index contributed by atoms with van der Waals surface area (Å²) in [5, 5.41) is 7.86. The van der Waals surface area contributed by atoms with Crippen LogP contribution < -0.4 is 0 Å². The van der Waals surface area contributed by atoms with E-state index in [1.165, 1.54) is 11.1 Å². The third-order valence-corrected chi connectivity index (χ3v) is 3.34. The van der Waals surface area contributed by atoms with E-state index in [-0.39, 0.29) is 5.41 Å². The summed E-state index contributed by atoms with van der Waals surface area (Å²) in [6.07, 6.45) is 0. The molecule has 1 rings (SSSR count). The zero-order valence-corrected chi connectivity index (χ0v) is 8.08. The molecule has 0 bridgehead atoms. The first-order valence-corrected chi connectivity index (χ1v) is 4.15. The van der Waals surface area contributed by atoms with Gasteiger partial charge in [0, 0.05) is 11.1 Å². The Morgan fingerprint density at radius 1 is 1.27 bits per heavy atom. The summed E-state index contributed by atoms with van der Waals surface area (Å²) in [4.78, 5) is 0. The summed E-state index contributed by atoms with van der Waals surface area (Å²) < 4.78 is 0. The average Bonchev–Trinajstić information content (AvgIpc) is 2.06. The van der Waals surface area contributed by atoms with Gasteiger partial charge >= 0.3 is 0 Å². The second kappa shape index (κ2) is 2.20. The summed E-state index contributed by atoms with van der Waals surface area (Å²) in [7, 11) is 0. The fraction of sp³-hybridized carbons (Fsp3) is 0.700. The Morgan fingerprint density at radius 2 is 1.73 bits per heavy atom. The van der Waals surface area contributed by atoms with E-state index in [1.54, 1.807) is 0 Å². The lowest BCUT2D eigenvalue weighted by Gasteiger charge is -2.25. The summed E-state index contributed by atoms with van der Waals surface area (Å²) >= 11 is 0. The molecule has 1 heteroatoms. The van der Waals surface area contributed by atoms with Crippen LogP contribution in [-0.2, 0) is 0 Å². The van der Waals surface area contributed by atoms with E-state index in [9.17, 15) is 0 Å². The molecular formula is C10H17N. The van der Waals surface area contributed by atoms with Crippen LogP contribution in [0.4, 0.5) is 0 Å². The molecule has 1 atom stereocenters. The van der Waals surface area contributed by atoms with Crippen molar-refractivity contribution in [2.75, 3.05) is 0 Å². The largest absolute Gasteiger partial charge is 0.304 e. The van der Waals surface area contributed by atoms with E-state index in [2.05, 4.69) is 34.6 Å². The zero-order chi connectivity index (χ0) is 8.81. The van der Waals surface area contributed by atoms with Crippen LogP contribution in [0, 0.1) is 16.7 Å². The van der Waals surface area contributed by atoms with Gasteiger partial charge in [0.2, 0.25) is 0 Å². The molecule has 0 aromatic carbocycles. The molecule has 62 valence electrons. The molecule has 0 spiro atoms. The summed E-state index contributed by atoms with van der Waals surface area (Å²) in [6, 6.07) is 0. The van der Waals surface area contributed by atoms with Crippen LogP contribution in [0.3, 0.4) is 0 Å². The Bertz CT molecular complexity index is 233. The van der Waals surface area contributed by atoms with Crippen LogP contribution in [0.25, 0.3) is 0 Å². The number of hydrogen-bond acceptors (Lipinski definition) is 1. The Morgan fingerprint density at radius 3 is 1.82 bits per heavy atom. The minimum absolute atomic E-state index is 0.0637. The molecule has 0 aliphatic heterocycles. The summed E-state index contributed by atoms with van der Waals surface area (Å²) in [5.74, 6) is 0.537. The van der Waals surface area contributed by atoms with E-state index >= 15 is 0 Å². The third-order valence-electron chi connectivity index (χ3n) is 3.34. The molecule has 1 aliphatic rings. The van der Waals surface area contributed by atoms with Gasteiger partial charge in [0.1, 0.15) is 0 Å². The number of hydrogen-bond donors (Lipinski definition) is 1. The van der Waals surface area contributed by atoms with Crippen LogP contribution in [-0.4, -0.2) is 5.71 Å². The van der Waals surface area contributed by atoms with Crippen molar-refractivity contribution in [1.29, 1.82) is 5.41 Å². The topological polar surface area (TPSA) is 23.9 Å². The first-order valence-electron chi connectivity index (χ1n) is 4.15. The lowest BCUT2D eigenvalue weighted by molar-refractivity contribution is 0.400. The number of nitrogens with one attached hydrogen (secondary N) is 1. The van der Waals surface area contributed by atoms with E-state index in [0.717, 1.165) is 5.71 Å². The SMILES string of the molecule is CC1=C(C)C(C)C(C)(C)C1=N. The Labute approximate surface area is 69.0 Å². The molecule has 0 fully saturated rings. The van der Waals surface area contributed by atoms with Crippen LogP contribution in [0.15, 0.2) is 11.1 Å². The highest BCUT2D eigenvalue weighted by Gasteiger charge is 2.38. The molecule has 1 nitrogen and oxygen atoms in total. The second-order valence-electron chi connectivity index (χ2n) is 4.13. The molecule has 1 N–H and O–H groups in total. The van der Waals surface area contributed by atoms with Crippen molar-refractivity contribution in [3.63, 3.8) is 0 Å². The molecule has 0 saturated carbocycles. The lowest BCUT2D eigenvalue weighted by Crippen LogP contribution is -2.25. The Hall–Kier alpha value is -0.590. The van der Waals surface area contributed by atoms with Gasteiger partial charge in [-0.2, -0.15) is 0 Å². The predicted octanol–water partition coefficient (Wildman–Crippen LogP) is 3.02. The molecule has 1 unspecified atom stereocenters. The quantitative estimate of drug-likeness (QED) is 0.550. The van der Waals surface area contributed by atoms with Crippen LogP contribution >= 0.6 is 0 Å². The van der Waals surface area contributed by atoms with Gasteiger partial charge in [-0.1, -0.05) is 26.3 Å². The molecule has 0 aromatic heterocycles. The van der Waals surface area contributed by atoms with Gasteiger partial charge in [-0.3, -0.25) is 0 Å². The predicted molar refractivity (Wildman–Crippen MR) is 49.0 cm³/mol. The normalized spacial score (nSPS) is 29.9. The number of rotatable bonds is 0. The third kappa shape index (κ3) is 0.943. The van der Waals surface area contributed by atoms with Crippen molar-refractivity contribution >= 4 is 5.71 Å². The van der Waals surface area contributed by atoms with Crippen molar-refractivity contribution < 1.29 is 0 Å². The van der Waals surface area contributed by atoms with Crippen molar-refractivity contribution in [3.05, 3.63) is 11.1 Å². The second-order valence-corrected chi connectivity index (χ2v) is 4.13. The van der Waals surface area contributed by atoms with E-state index in [4.69, 9.17) is 5.41 Å². The van der Waals surface area contributed by atoms with Gasteiger partial charge in [-0.15, -0.1) is 0 Å². The average molecular weight is 151 g/mol. The van der Waals surface area contributed by atoms with Gasteiger partial charge in [-0.05, 0) is 25.3 Å². The van der Waals surface area contributed by atoms with Crippen molar-refractivity contribution in [2.24, 2.45) is 11.3 Å². The van der Waals surface area contributed by atoms with Gasteiger partial charge in [0.05, 0.1) is 0 Å². The molecule has 1 aliphatic carbocycles.